The van der Waals surface area contributed by atoms with Gasteiger partial charge >= 0.3 is 0 Å². The van der Waals surface area contributed by atoms with Crippen LogP contribution in [-0.4, -0.2) is 29.7 Å². The monoisotopic (exact) mass is 737 g/mol. The lowest BCUT2D eigenvalue weighted by Gasteiger charge is -2.09. The molecule has 0 radical (unpaired) electrons. The van der Waals surface area contributed by atoms with E-state index in [4.69, 9.17) is 0 Å². The third-order valence-electron chi connectivity index (χ3n) is 7.22. The quantitative estimate of drug-likeness (QED) is 0.160. The van der Waals surface area contributed by atoms with Crippen molar-refractivity contribution in [3.63, 3.8) is 0 Å². The van der Waals surface area contributed by atoms with E-state index in [-0.39, 0.29) is 0 Å². The van der Waals surface area contributed by atoms with Crippen LogP contribution in [0.15, 0.2) is 202 Å². The summed E-state index contributed by atoms with van der Waals surface area (Å²) in [6.45, 7) is 0. The van der Waals surface area contributed by atoms with Gasteiger partial charge in [0.15, 0.2) is 6.20 Å². The molecule has 56 heavy (non-hydrogen) atoms. The van der Waals surface area contributed by atoms with Gasteiger partial charge in [0.05, 0.1) is 0 Å². The molecule has 14 heteroatoms. The number of anilines is 2. The highest BCUT2D eigenvalue weighted by molar-refractivity contribution is 5.53. The molecule has 0 bridgehead atoms. The van der Waals surface area contributed by atoms with Crippen LogP contribution in [0.4, 0.5) is 17.5 Å². The average molecular weight is 738 g/mol. The smallest absolute Gasteiger partial charge is 0.176 e. The Morgan fingerprint density at radius 1 is 0.625 bits per heavy atom. The van der Waals surface area contributed by atoms with Crippen molar-refractivity contribution in [3.8, 4) is 17.2 Å². The zero-order valence-electron chi connectivity index (χ0n) is 30.1. The van der Waals surface area contributed by atoms with Crippen LogP contribution in [0.5, 0.6) is 0 Å². The zero-order valence-corrected chi connectivity index (χ0v) is 30.1. The number of hydrogen-bond acceptors (Lipinski definition) is 5. The molecule has 2 N–H and O–H groups in total. The molecule has 0 atom stereocenters. The summed E-state index contributed by atoms with van der Waals surface area (Å²) in [4.78, 5) is 33.3. The first-order valence-corrected chi connectivity index (χ1v) is 17.4. The standard InChI is InChI=1S/C10H9N2.C9H8N3.C9H7N2.C7H7N4.C7H6N3/c1-2-6-11-9(4-1)8-10-5-3-7-12-10;1-2-6-10-8(4-1)12-9-5-3-7-11-9;1-2-6-10-8(4-1)9-5-3-7-11-9;1-3-7(8-4-1)10-11-6-2-5-9-11;1-3-7(8-4-1)10-6-2-5-9-10/h1-7H,8H2;1-7H,(H,10,12);1-7H;1-6,8H;1-6H/q5*-1. The Morgan fingerprint density at radius 3 is 2.02 bits per heavy atom. The van der Waals surface area contributed by atoms with Crippen LogP contribution in [0.1, 0.15) is 11.4 Å². The van der Waals surface area contributed by atoms with Gasteiger partial charge in [-0.2, -0.15) is 22.9 Å². The van der Waals surface area contributed by atoms with Crippen molar-refractivity contribution in [1.82, 2.24) is 54.8 Å². The van der Waals surface area contributed by atoms with E-state index in [9.17, 15) is 0 Å². The number of aromatic nitrogens is 12. The minimum Gasteiger partial charge on any atom is -0.667 e. The Balaban J connectivity index is 0.000000119. The van der Waals surface area contributed by atoms with E-state index in [1.165, 1.54) is 4.79 Å². The predicted octanol–water partition coefficient (Wildman–Crippen LogP) is 6.68. The number of hydrogen-bond donors (Lipinski definition) is 2. The van der Waals surface area contributed by atoms with Gasteiger partial charge in [0.2, 0.25) is 0 Å². The van der Waals surface area contributed by atoms with E-state index in [0.717, 1.165) is 52.5 Å². The van der Waals surface area contributed by atoms with E-state index in [0.29, 0.717) is 0 Å². The molecule has 0 spiro atoms. The second-order valence-electron chi connectivity index (χ2n) is 11.3. The Hall–Kier alpha value is -8.13. The lowest BCUT2D eigenvalue weighted by atomic mass is 10.2. The van der Waals surface area contributed by atoms with E-state index in [1.54, 1.807) is 66.7 Å². The molecular formula is C42H37N14-5. The summed E-state index contributed by atoms with van der Waals surface area (Å²) in [6, 6.07) is 40.3. The molecule has 10 aromatic rings. The second kappa shape index (κ2) is 21.4. The first kappa shape index (κ1) is 37.6. The van der Waals surface area contributed by atoms with E-state index >= 15 is 0 Å². The molecule has 0 amide bonds. The van der Waals surface area contributed by atoms with Crippen LogP contribution < -0.4 is 35.1 Å². The van der Waals surface area contributed by atoms with Crippen molar-refractivity contribution in [1.29, 1.82) is 0 Å². The van der Waals surface area contributed by atoms with E-state index in [1.807, 2.05) is 140 Å². The molecule has 0 aliphatic rings. The summed E-state index contributed by atoms with van der Waals surface area (Å²) in [5.41, 5.74) is 8.12. The summed E-state index contributed by atoms with van der Waals surface area (Å²) in [7, 11) is 0. The fourth-order valence-electron chi connectivity index (χ4n) is 4.68. The van der Waals surface area contributed by atoms with Crippen LogP contribution in [0.2, 0.25) is 0 Å². The maximum atomic E-state index is 4.21. The third-order valence-corrected chi connectivity index (χ3v) is 7.22. The van der Waals surface area contributed by atoms with Crippen LogP contribution in [0.3, 0.4) is 0 Å². The van der Waals surface area contributed by atoms with E-state index < -0.39 is 0 Å². The van der Waals surface area contributed by atoms with Crippen LogP contribution >= 0.6 is 0 Å². The van der Waals surface area contributed by atoms with E-state index in [2.05, 4.69) is 60.8 Å². The zero-order chi connectivity index (χ0) is 38.3. The molecule has 10 heterocycles. The Labute approximate surface area is 323 Å². The molecule has 0 unspecified atom stereocenters. The van der Waals surface area contributed by atoms with Crippen LogP contribution in [-0.2, 0) is 6.42 Å². The number of H-pyrrole nitrogens is 1. The van der Waals surface area contributed by atoms with Crippen molar-refractivity contribution in [2.75, 3.05) is 5.32 Å². The molecular weight excluding hydrogens is 701 g/mol. The molecule has 0 aliphatic carbocycles. The highest BCUT2D eigenvalue weighted by Gasteiger charge is 1.90. The van der Waals surface area contributed by atoms with Gasteiger partial charge < -0.3 is 34.9 Å². The summed E-state index contributed by atoms with van der Waals surface area (Å²) >= 11 is 0. The topological polar surface area (TPSA) is 173 Å². The molecule has 0 fully saturated rings. The number of rotatable bonds is 8. The summed E-state index contributed by atoms with van der Waals surface area (Å²) in [5.74, 6) is 3.31. The van der Waals surface area contributed by atoms with Gasteiger partial charge in [0.25, 0.3) is 0 Å². The van der Waals surface area contributed by atoms with Crippen molar-refractivity contribution in [3.05, 3.63) is 219 Å². The van der Waals surface area contributed by atoms with Crippen LogP contribution in [0, 0.1) is 0 Å². The van der Waals surface area contributed by atoms with Crippen molar-refractivity contribution >= 4 is 17.5 Å². The number of pyridine rings is 3. The highest BCUT2D eigenvalue weighted by Crippen LogP contribution is 2.12. The maximum Gasteiger partial charge on any atom is 0.176 e. The molecule has 14 nitrogen and oxygen atoms in total. The second-order valence-corrected chi connectivity index (χ2v) is 11.3. The number of nitrogens with zero attached hydrogens (tertiary/aromatic N) is 12. The molecule has 10 aromatic heterocycles. The minimum absolute atomic E-state index is 0.800. The summed E-state index contributed by atoms with van der Waals surface area (Å²) < 4.78 is 1.72. The minimum atomic E-state index is 0.800. The molecule has 0 aliphatic heterocycles. The average Bonchev–Trinajstić information content (AvgIpc) is 4.10. The fraction of sp³-hybridized carbons (Fsp3) is 0.0238. The SMILES string of the molecule is c1c[n-]c(-n2cccn2)c1.c1c[nH]c([N-][n+]2ccc[n-]2)c1.c1ccc(-c2ccc[n-]2)nc1.c1ccc(Cc2ccc[n-]2)nc1.c1ccc(Nc2ccc[n-]2)nc1. The summed E-state index contributed by atoms with van der Waals surface area (Å²) in [5, 5.41) is 11.0. The van der Waals surface area contributed by atoms with Gasteiger partial charge in [-0.05, 0) is 67.0 Å². The molecule has 0 saturated heterocycles. The van der Waals surface area contributed by atoms with Gasteiger partial charge in [-0.25, -0.2) is 0 Å². The first-order chi connectivity index (χ1) is 27.8. The lowest BCUT2D eigenvalue weighted by molar-refractivity contribution is -0.682. The molecule has 0 saturated carbocycles. The summed E-state index contributed by atoms with van der Waals surface area (Å²) in [6.07, 6.45) is 22.1. The van der Waals surface area contributed by atoms with Crippen molar-refractivity contribution in [2.24, 2.45) is 0 Å². The normalized spacial score (nSPS) is 9.86. The molecule has 10 rings (SSSR count). The van der Waals surface area contributed by atoms with Crippen molar-refractivity contribution < 1.29 is 4.79 Å². The fourth-order valence-corrected chi connectivity index (χ4v) is 4.68. The third kappa shape index (κ3) is 12.8. The Kier molecular flexibility index (Phi) is 14.4. The van der Waals surface area contributed by atoms with Crippen molar-refractivity contribution in [2.45, 2.75) is 6.42 Å². The van der Waals surface area contributed by atoms with Gasteiger partial charge in [-0.15, -0.1) is 11.9 Å². The van der Waals surface area contributed by atoms with Gasteiger partial charge in [0.1, 0.15) is 0 Å². The molecule has 0 aromatic carbocycles. The molecule has 280 valence electrons. The number of aromatic amines is 1. The first-order valence-electron chi connectivity index (χ1n) is 17.4. The Morgan fingerprint density at radius 2 is 1.41 bits per heavy atom. The van der Waals surface area contributed by atoms with Crippen LogP contribution in [0.25, 0.3) is 22.6 Å². The van der Waals surface area contributed by atoms with Gasteiger partial charge in [0, 0.05) is 42.0 Å². The highest BCUT2D eigenvalue weighted by atomic mass is 15.6. The number of nitrogens with one attached hydrogen (secondary N) is 2. The van der Waals surface area contributed by atoms with Gasteiger partial charge in [-0.3, -0.25) is 30.6 Å². The largest absolute Gasteiger partial charge is 0.667 e. The maximum absolute atomic E-state index is 4.21. The predicted molar refractivity (Wildman–Crippen MR) is 213 cm³/mol. The lowest BCUT2D eigenvalue weighted by Crippen LogP contribution is -2.30. The Bertz CT molecular complexity index is 2200. The van der Waals surface area contributed by atoms with Gasteiger partial charge in [-0.1, -0.05) is 109 Å².